The van der Waals surface area contributed by atoms with Crippen molar-refractivity contribution in [3.8, 4) is 0 Å². The maximum atomic E-state index is 12.0. The Balaban J connectivity index is 1.77. The van der Waals surface area contributed by atoms with Crippen LogP contribution in [0.3, 0.4) is 0 Å². The van der Waals surface area contributed by atoms with Crippen LogP contribution in [0.15, 0.2) is 24.3 Å². The van der Waals surface area contributed by atoms with Gasteiger partial charge < -0.3 is 4.90 Å². The van der Waals surface area contributed by atoms with Crippen LogP contribution < -0.4 is 0 Å². The van der Waals surface area contributed by atoms with Crippen LogP contribution in [-0.2, 0) is 5.75 Å². The van der Waals surface area contributed by atoms with Gasteiger partial charge >= 0.3 is 0 Å². The highest BCUT2D eigenvalue weighted by Crippen LogP contribution is 2.17. The van der Waals surface area contributed by atoms with Crippen molar-refractivity contribution in [3.63, 3.8) is 0 Å². The molecule has 1 heterocycles. The number of nitrogens with zero attached hydrogens (tertiary/aromatic N) is 1. The van der Waals surface area contributed by atoms with E-state index in [-0.39, 0.29) is 11.7 Å². The second kappa shape index (κ2) is 7.84. The highest BCUT2D eigenvalue weighted by Gasteiger charge is 2.12. The van der Waals surface area contributed by atoms with Crippen molar-refractivity contribution in [2.45, 2.75) is 32.4 Å². The van der Waals surface area contributed by atoms with E-state index in [1.54, 1.807) is 0 Å². The molecule has 0 radical (unpaired) electrons. The third kappa shape index (κ3) is 4.64. The number of benzene rings is 1. The lowest BCUT2D eigenvalue weighted by atomic mass is 10.00. The number of rotatable bonds is 7. The van der Waals surface area contributed by atoms with E-state index in [1.807, 2.05) is 37.7 Å². The predicted octanol–water partition coefficient (Wildman–Crippen LogP) is 3.85. The highest BCUT2D eigenvalue weighted by molar-refractivity contribution is 7.98. The van der Waals surface area contributed by atoms with E-state index in [2.05, 4.69) is 17.0 Å². The SMILES string of the molecule is CC(C)C(=O)c1cccc(CSCCN2CCCC2)c1. The number of hydrogen-bond acceptors (Lipinski definition) is 3. The fourth-order valence-corrected chi connectivity index (χ4v) is 3.48. The molecule has 1 saturated heterocycles. The predicted molar refractivity (Wildman–Crippen MR) is 87.4 cm³/mol. The van der Waals surface area contributed by atoms with Gasteiger partial charge in [-0.1, -0.05) is 32.0 Å². The molecule has 0 amide bonds. The van der Waals surface area contributed by atoms with E-state index in [0.717, 1.165) is 11.3 Å². The molecule has 1 fully saturated rings. The van der Waals surface area contributed by atoms with Crippen LogP contribution in [0.5, 0.6) is 0 Å². The summed E-state index contributed by atoms with van der Waals surface area (Å²) in [5, 5.41) is 0. The van der Waals surface area contributed by atoms with Crippen LogP contribution in [0.4, 0.5) is 0 Å². The quantitative estimate of drug-likeness (QED) is 0.562. The van der Waals surface area contributed by atoms with Crippen LogP contribution >= 0.6 is 11.8 Å². The van der Waals surface area contributed by atoms with Gasteiger partial charge in [-0.05, 0) is 37.6 Å². The number of hydrogen-bond donors (Lipinski definition) is 0. The van der Waals surface area contributed by atoms with E-state index in [1.165, 1.54) is 43.8 Å². The molecule has 0 unspecified atom stereocenters. The topological polar surface area (TPSA) is 20.3 Å². The van der Waals surface area contributed by atoms with Crippen LogP contribution in [-0.4, -0.2) is 36.1 Å². The Hall–Kier alpha value is -0.800. The molecule has 0 bridgehead atoms. The van der Waals surface area contributed by atoms with Crippen molar-refractivity contribution in [1.82, 2.24) is 4.90 Å². The molecule has 1 aliphatic heterocycles. The van der Waals surface area contributed by atoms with E-state index in [0.29, 0.717) is 0 Å². The first kappa shape index (κ1) is 15.6. The summed E-state index contributed by atoms with van der Waals surface area (Å²) in [5.74, 6) is 2.51. The van der Waals surface area contributed by atoms with Crippen molar-refractivity contribution < 1.29 is 4.79 Å². The molecular weight excluding hydrogens is 266 g/mol. The summed E-state index contributed by atoms with van der Waals surface area (Å²) in [7, 11) is 0. The molecule has 20 heavy (non-hydrogen) atoms. The minimum Gasteiger partial charge on any atom is -0.303 e. The van der Waals surface area contributed by atoms with Gasteiger partial charge in [0.25, 0.3) is 0 Å². The van der Waals surface area contributed by atoms with Crippen LogP contribution in [0, 0.1) is 5.92 Å². The van der Waals surface area contributed by atoms with Gasteiger partial charge in [-0.3, -0.25) is 4.79 Å². The average molecular weight is 291 g/mol. The Morgan fingerprint density at radius 2 is 2.05 bits per heavy atom. The second-order valence-electron chi connectivity index (χ2n) is 5.82. The number of carbonyl (C=O) groups is 1. The van der Waals surface area contributed by atoms with E-state index in [4.69, 9.17) is 0 Å². The molecule has 1 aromatic carbocycles. The van der Waals surface area contributed by atoms with Gasteiger partial charge in [-0.25, -0.2) is 0 Å². The maximum absolute atomic E-state index is 12.0. The van der Waals surface area contributed by atoms with Crippen molar-refractivity contribution in [2.75, 3.05) is 25.4 Å². The molecule has 0 aromatic heterocycles. The molecule has 1 aromatic rings. The molecule has 0 atom stereocenters. The van der Waals surface area contributed by atoms with E-state index >= 15 is 0 Å². The Bertz CT molecular complexity index is 438. The van der Waals surface area contributed by atoms with E-state index in [9.17, 15) is 4.79 Å². The summed E-state index contributed by atoms with van der Waals surface area (Å²) in [5.41, 5.74) is 2.13. The fourth-order valence-electron chi connectivity index (χ4n) is 2.54. The summed E-state index contributed by atoms with van der Waals surface area (Å²) in [6, 6.07) is 8.12. The monoisotopic (exact) mass is 291 g/mol. The molecule has 0 N–H and O–H groups in total. The van der Waals surface area contributed by atoms with Crippen molar-refractivity contribution in [1.29, 1.82) is 0 Å². The number of carbonyl (C=O) groups excluding carboxylic acids is 1. The fraction of sp³-hybridized carbons (Fsp3) is 0.588. The minimum atomic E-state index is 0.0769. The van der Waals surface area contributed by atoms with Crippen LogP contribution in [0.2, 0.25) is 0 Å². The highest BCUT2D eigenvalue weighted by atomic mass is 32.2. The normalized spacial score (nSPS) is 15.9. The van der Waals surface area contributed by atoms with Gasteiger partial charge in [0.05, 0.1) is 0 Å². The average Bonchev–Trinajstić information content (AvgIpc) is 2.96. The third-order valence-electron chi connectivity index (χ3n) is 3.76. The molecule has 3 heteroatoms. The van der Waals surface area contributed by atoms with Gasteiger partial charge in [0.2, 0.25) is 0 Å². The Labute approximate surface area is 126 Å². The summed E-state index contributed by atoms with van der Waals surface area (Å²) in [6.45, 7) is 7.67. The largest absolute Gasteiger partial charge is 0.303 e. The number of ketones is 1. The first-order chi connectivity index (χ1) is 9.66. The second-order valence-corrected chi connectivity index (χ2v) is 6.93. The molecule has 2 rings (SSSR count). The lowest BCUT2D eigenvalue weighted by Crippen LogP contribution is -2.21. The molecule has 2 nitrogen and oxygen atoms in total. The zero-order valence-corrected chi connectivity index (χ0v) is 13.4. The molecule has 110 valence electrons. The van der Waals surface area contributed by atoms with Crippen molar-refractivity contribution >= 4 is 17.5 Å². The Kier molecular flexibility index (Phi) is 6.11. The Morgan fingerprint density at radius 1 is 1.30 bits per heavy atom. The van der Waals surface area contributed by atoms with Crippen molar-refractivity contribution in [3.05, 3.63) is 35.4 Å². The number of likely N-dealkylation sites (tertiary alicyclic amines) is 1. The summed E-state index contributed by atoms with van der Waals surface area (Å²) < 4.78 is 0. The summed E-state index contributed by atoms with van der Waals surface area (Å²) in [6.07, 6.45) is 2.73. The smallest absolute Gasteiger partial charge is 0.165 e. The van der Waals surface area contributed by atoms with Gasteiger partial charge in [-0.2, -0.15) is 11.8 Å². The lowest BCUT2D eigenvalue weighted by molar-refractivity contribution is 0.0939. The van der Waals surface area contributed by atoms with Crippen LogP contribution in [0.25, 0.3) is 0 Å². The Morgan fingerprint density at radius 3 is 2.75 bits per heavy atom. The minimum absolute atomic E-state index is 0.0769. The number of thioether (sulfide) groups is 1. The standard InChI is InChI=1S/C17H25NOS/c1-14(2)17(19)16-7-5-6-15(12-16)13-20-11-10-18-8-3-4-9-18/h5-7,12,14H,3-4,8-11,13H2,1-2H3. The molecule has 0 aliphatic carbocycles. The summed E-state index contributed by atoms with van der Waals surface area (Å²) >= 11 is 1.97. The van der Waals surface area contributed by atoms with E-state index < -0.39 is 0 Å². The lowest BCUT2D eigenvalue weighted by Gasteiger charge is -2.13. The molecular formula is C17H25NOS. The van der Waals surface area contributed by atoms with Crippen LogP contribution in [0.1, 0.15) is 42.6 Å². The third-order valence-corrected chi connectivity index (χ3v) is 4.76. The maximum Gasteiger partial charge on any atom is 0.165 e. The van der Waals surface area contributed by atoms with Gasteiger partial charge in [-0.15, -0.1) is 0 Å². The molecule has 0 saturated carbocycles. The first-order valence-electron chi connectivity index (χ1n) is 7.60. The molecule has 0 spiro atoms. The number of Topliss-reactive ketones (excluding diaryl/α,β-unsaturated/α-hetero) is 1. The van der Waals surface area contributed by atoms with Gasteiger partial charge in [0.1, 0.15) is 0 Å². The molecule has 1 aliphatic rings. The zero-order chi connectivity index (χ0) is 14.4. The van der Waals surface area contributed by atoms with Gasteiger partial charge in [0, 0.05) is 29.5 Å². The summed E-state index contributed by atoms with van der Waals surface area (Å²) in [4.78, 5) is 14.5. The van der Waals surface area contributed by atoms with Gasteiger partial charge in [0.15, 0.2) is 5.78 Å². The van der Waals surface area contributed by atoms with Crippen molar-refractivity contribution in [2.24, 2.45) is 5.92 Å². The first-order valence-corrected chi connectivity index (χ1v) is 8.75. The zero-order valence-electron chi connectivity index (χ0n) is 12.6.